The zero-order chi connectivity index (χ0) is 17.0. The van der Waals surface area contributed by atoms with Crippen molar-refractivity contribution in [3.8, 4) is 5.75 Å². The van der Waals surface area contributed by atoms with Gasteiger partial charge >= 0.3 is 0 Å². The fourth-order valence-electron chi connectivity index (χ4n) is 3.44. The van der Waals surface area contributed by atoms with Gasteiger partial charge in [-0.25, -0.2) is 0 Å². The van der Waals surface area contributed by atoms with Crippen LogP contribution in [0, 0.1) is 5.41 Å². The zero-order valence-electron chi connectivity index (χ0n) is 15.6. The highest BCUT2D eigenvalue weighted by molar-refractivity contribution is 5.29. The maximum atomic E-state index is 6.21. The summed E-state index contributed by atoms with van der Waals surface area (Å²) in [6.07, 6.45) is 4.24. The molecule has 0 aliphatic heterocycles. The number of hydrogen-bond acceptors (Lipinski definition) is 2. The van der Waals surface area contributed by atoms with E-state index in [-0.39, 0.29) is 11.7 Å². The van der Waals surface area contributed by atoms with Crippen LogP contribution in [0.4, 0.5) is 0 Å². The van der Waals surface area contributed by atoms with E-state index in [1.54, 1.807) is 7.11 Å². The smallest absolute Gasteiger partial charge is 0.205 e. The molecule has 0 saturated heterocycles. The zero-order valence-corrected chi connectivity index (χ0v) is 15.6. The van der Waals surface area contributed by atoms with Crippen LogP contribution < -0.4 is 4.74 Å². The number of rotatable bonds is 6. The van der Waals surface area contributed by atoms with Crippen LogP contribution >= 0.6 is 0 Å². The van der Waals surface area contributed by atoms with Crippen molar-refractivity contribution in [2.45, 2.75) is 72.5 Å². The van der Waals surface area contributed by atoms with Gasteiger partial charge < -0.3 is 9.47 Å². The Balaban J connectivity index is 2.10. The lowest BCUT2D eigenvalue weighted by Gasteiger charge is -2.40. The predicted molar refractivity (Wildman–Crippen MR) is 96.9 cm³/mol. The third-order valence-electron chi connectivity index (χ3n) is 5.56. The number of ether oxygens (including phenoxy) is 2. The molecular formula is C21H32O2. The Hall–Kier alpha value is -1.28. The van der Waals surface area contributed by atoms with Crippen molar-refractivity contribution in [2.75, 3.05) is 7.11 Å². The van der Waals surface area contributed by atoms with E-state index < -0.39 is 0 Å². The van der Waals surface area contributed by atoms with Crippen LogP contribution in [-0.2, 0) is 4.74 Å². The highest BCUT2D eigenvalue weighted by atomic mass is 16.7. The van der Waals surface area contributed by atoms with Gasteiger partial charge in [0.2, 0.25) is 6.29 Å². The van der Waals surface area contributed by atoms with E-state index in [0.29, 0.717) is 5.92 Å². The quantitative estimate of drug-likeness (QED) is 0.468. The maximum absolute atomic E-state index is 6.21. The van der Waals surface area contributed by atoms with Crippen LogP contribution in [0.15, 0.2) is 35.4 Å². The first-order valence-corrected chi connectivity index (χ1v) is 8.84. The fourth-order valence-corrected chi connectivity index (χ4v) is 3.44. The molecule has 0 heterocycles. The first-order chi connectivity index (χ1) is 10.9. The lowest BCUT2D eigenvalue weighted by Crippen LogP contribution is -2.40. The molecule has 0 bridgehead atoms. The molecule has 1 aliphatic carbocycles. The summed E-state index contributed by atoms with van der Waals surface area (Å²) in [4.78, 5) is 0. The van der Waals surface area contributed by atoms with Crippen LogP contribution in [-0.4, -0.2) is 13.4 Å². The number of allylic oxidation sites excluding steroid dienone is 2. The van der Waals surface area contributed by atoms with E-state index in [0.717, 1.165) is 31.4 Å². The van der Waals surface area contributed by atoms with Gasteiger partial charge in [-0.3, -0.25) is 0 Å². The van der Waals surface area contributed by atoms with Gasteiger partial charge in [0, 0.05) is 12.5 Å². The summed E-state index contributed by atoms with van der Waals surface area (Å²) in [6, 6.07) is 8.50. The van der Waals surface area contributed by atoms with Crippen molar-refractivity contribution in [1.82, 2.24) is 0 Å². The molecule has 0 radical (unpaired) electrons. The molecule has 2 heteroatoms. The van der Waals surface area contributed by atoms with Crippen LogP contribution in [0.2, 0.25) is 0 Å². The van der Waals surface area contributed by atoms with E-state index in [1.165, 1.54) is 16.7 Å². The lowest BCUT2D eigenvalue weighted by molar-refractivity contribution is -0.138. The first kappa shape index (κ1) is 18.1. The molecule has 23 heavy (non-hydrogen) atoms. The van der Waals surface area contributed by atoms with Crippen molar-refractivity contribution >= 4 is 0 Å². The SMILES string of the molecule is CCC(C)c1ccc(OC(OC)C2(C)CCC(C)=C(C)C2)cc1. The molecule has 3 unspecified atom stereocenters. The number of hydrogen-bond donors (Lipinski definition) is 0. The number of methoxy groups -OCH3 is 1. The third kappa shape index (κ3) is 4.17. The Bertz CT molecular complexity index is 543. The third-order valence-corrected chi connectivity index (χ3v) is 5.56. The minimum absolute atomic E-state index is 0.0354. The predicted octanol–water partition coefficient (Wildman–Crippen LogP) is 6.08. The monoisotopic (exact) mass is 316 g/mol. The molecule has 1 aromatic rings. The molecule has 1 aliphatic rings. The molecule has 2 nitrogen and oxygen atoms in total. The van der Waals surface area contributed by atoms with Crippen LogP contribution in [0.25, 0.3) is 0 Å². The molecule has 0 spiro atoms. The van der Waals surface area contributed by atoms with Gasteiger partial charge in [-0.05, 0) is 63.1 Å². The van der Waals surface area contributed by atoms with Crippen molar-refractivity contribution < 1.29 is 9.47 Å². The summed E-state index contributed by atoms with van der Waals surface area (Å²) < 4.78 is 11.9. The summed E-state index contributed by atoms with van der Waals surface area (Å²) in [5.41, 5.74) is 4.41. The van der Waals surface area contributed by atoms with Crippen molar-refractivity contribution in [2.24, 2.45) is 5.41 Å². The topological polar surface area (TPSA) is 18.5 Å². The summed E-state index contributed by atoms with van der Waals surface area (Å²) in [5, 5.41) is 0. The Morgan fingerprint density at radius 2 is 1.78 bits per heavy atom. The maximum Gasteiger partial charge on any atom is 0.205 e. The minimum atomic E-state index is -0.208. The molecule has 0 fully saturated rings. The van der Waals surface area contributed by atoms with Gasteiger partial charge in [-0.2, -0.15) is 0 Å². The van der Waals surface area contributed by atoms with Gasteiger partial charge in [-0.15, -0.1) is 0 Å². The van der Waals surface area contributed by atoms with Crippen molar-refractivity contribution in [3.63, 3.8) is 0 Å². The largest absolute Gasteiger partial charge is 0.464 e. The van der Waals surface area contributed by atoms with Crippen LogP contribution in [0.5, 0.6) is 5.75 Å². The van der Waals surface area contributed by atoms with Crippen molar-refractivity contribution in [1.29, 1.82) is 0 Å². The van der Waals surface area contributed by atoms with Crippen LogP contribution in [0.1, 0.15) is 71.8 Å². The molecule has 0 aromatic heterocycles. The fraction of sp³-hybridized carbons (Fsp3) is 0.619. The van der Waals surface area contributed by atoms with Gasteiger partial charge in [0.1, 0.15) is 5.75 Å². The number of benzene rings is 1. The normalized spacial score (nSPS) is 24.4. The average molecular weight is 316 g/mol. The molecular weight excluding hydrogens is 284 g/mol. The second-order valence-corrected chi connectivity index (χ2v) is 7.46. The molecule has 2 rings (SSSR count). The van der Waals surface area contributed by atoms with Gasteiger partial charge in [0.25, 0.3) is 0 Å². The first-order valence-electron chi connectivity index (χ1n) is 8.84. The van der Waals surface area contributed by atoms with Gasteiger partial charge in [0.15, 0.2) is 0 Å². The Morgan fingerprint density at radius 3 is 2.30 bits per heavy atom. The lowest BCUT2D eigenvalue weighted by atomic mass is 9.73. The van der Waals surface area contributed by atoms with E-state index in [2.05, 4.69) is 58.9 Å². The molecule has 0 N–H and O–H groups in total. The second kappa shape index (κ2) is 7.53. The highest BCUT2D eigenvalue weighted by Gasteiger charge is 2.38. The molecule has 128 valence electrons. The Kier molecular flexibility index (Phi) is 5.91. The van der Waals surface area contributed by atoms with Gasteiger partial charge in [-0.1, -0.05) is 44.1 Å². The summed E-state index contributed by atoms with van der Waals surface area (Å²) in [5.74, 6) is 1.49. The Morgan fingerprint density at radius 1 is 1.13 bits per heavy atom. The van der Waals surface area contributed by atoms with E-state index in [9.17, 15) is 0 Å². The summed E-state index contributed by atoms with van der Waals surface area (Å²) in [7, 11) is 1.75. The van der Waals surface area contributed by atoms with E-state index in [4.69, 9.17) is 9.47 Å². The second-order valence-electron chi connectivity index (χ2n) is 7.46. The standard InChI is InChI=1S/C21H32O2/c1-7-15(2)18-8-10-19(11-9-18)23-20(22-6)21(5)13-12-16(3)17(4)14-21/h8-11,15,20H,7,12-14H2,1-6H3. The summed E-state index contributed by atoms with van der Waals surface area (Å²) >= 11 is 0. The van der Waals surface area contributed by atoms with Crippen molar-refractivity contribution in [3.05, 3.63) is 41.0 Å². The Labute approximate surface area is 141 Å². The van der Waals surface area contributed by atoms with Gasteiger partial charge in [0.05, 0.1) is 0 Å². The highest BCUT2D eigenvalue weighted by Crippen LogP contribution is 2.43. The summed E-state index contributed by atoms with van der Waals surface area (Å²) in [6.45, 7) is 11.2. The molecule has 1 aromatic carbocycles. The molecule has 3 atom stereocenters. The average Bonchev–Trinajstić information content (AvgIpc) is 2.56. The molecule has 0 amide bonds. The van der Waals surface area contributed by atoms with E-state index >= 15 is 0 Å². The van der Waals surface area contributed by atoms with Crippen LogP contribution in [0.3, 0.4) is 0 Å². The van der Waals surface area contributed by atoms with E-state index in [1.807, 2.05) is 0 Å². The minimum Gasteiger partial charge on any atom is -0.464 e. The molecule has 0 saturated carbocycles.